The van der Waals surface area contributed by atoms with Crippen LogP contribution in [-0.4, -0.2) is 44.3 Å². The van der Waals surface area contributed by atoms with E-state index in [-0.39, 0.29) is 17.6 Å². The molecule has 1 aliphatic rings. The number of imidazole rings is 1. The molecular formula is C19H20FN5O. The molecule has 0 aliphatic carbocycles. The first-order valence-corrected chi connectivity index (χ1v) is 8.68. The molecule has 0 radical (unpaired) electrons. The number of benzene rings is 1. The number of amides is 1. The Morgan fingerprint density at radius 3 is 2.81 bits per heavy atom. The molecule has 134 valence electrons. The molecule has 1 aromatic carbocycles. The Morgan fingerprint density at radius 2 is 2.00 bits per heavy atom. The number of likely N-dealkylation sites (tertiary alicyclic amines) is 1. The van der Waals surface area contributed by atoms with Crippen LogP contribution in [0.2, 0.25) is 0 Å². The Labute approximate surface area is 150 Å². The van der Waals surface area contributed by atoms with Gasteiger partial charge < -0.3 is 10.6 Å². The maximum absolute atomic E-state index is 13.0. The molecule has 7 heteroatoms. The summed E-state index contributed by atoms with van der Waals surface area (Å²) >= 11 is 0. The second-order valence-corrected chi connectivity index (χ2v) is 6.67. The summed E-state index contributed by atoms with van der Waals surface area (Å²) in [6.07, 6.45) is 6.65. The summed E-state index contributed by atoms with van der Waals surface area (Å²) in [6.45, 7) is 1.31. The van der Waals surface area contributed by atoms with Crippen LogP contribution in [0.25, 0.3) is 5.78 Å². The van der Waals surface area contributed by atoms with Gasteiger partial charge in [-0.3, -0.25) is 9.20 Å². The minimum atomic E-state index is -0.620. The molecule has 6 nitrogen and oxygen atoms in total. The van der Waals surface area contributed by atoms with Crippen LogP contribution in [-0.2, 0) is 11.2 Å². The van der Waals surface area contributed by atoms with E-state index < -0.39 is 6.04 Å². The number of nitrogens with two attached hydrogens (primary N) is 1. The van der Waals surface area contributed by atoms with Gasteiger partial charge in [0.2, 0.25) is 11.7 Å². The maximum Gasteiger partial charge on any atom is 0.239 e. The summed E-state index contributed by atoms with van der Waals surface area (Å²) in [5.41, 5.74) is 8.08. The standard InChI is InChI=1S/C19H20FN5O/c20-15-3-1-13(2-4-15)11-16(21)18(26)24-9-6-14(12-24)17-5-7-22-19-23-8-10-25(17)19/h1-5,7-8,10,14,16H,6,9,11-12,21H2. The monoisotopic (exact) mass is 353 g/mol. The molecule has 2 atom stereocenters. The SMILES string of the molecule is NC(Cc1ccc(F)cc1)C(=O)N1CCC(c2ccnc3nccn23)C1. The lowest BCUT2D eigenvalue weighted by atomic mass is 10.0. The molecule has 3 aromatic rings. The van der Waals surface area contributed by atoms with Crippen LogP contribution in [0.5, 0.6) is 0 Å². The zero-order valence-electron chi connectivity index (χ0n) is 14.3. The second kappa shape index (κ2) is 6.84. The smallest absolute Gasteiger partial charge is 0.239 e. The van der Waals surface area contributed by atoms with E-state index in [4.69, 9.17) is 5.73 Å². The first-order valence-electron chi connectivity index (χ1n) is 8.68. The third-order valence-electron chi connectivity index (χ3n) is 4.94. The molecular weight excluding hydrogens is 333 g/mol. The van der Waals surface area contributed by atoms with Crippen molar-refractivity contribution in [2.45, 2.75) is 24.8 Å². The molecule has 0 bridgehead atoms. The molecule has 3 heterocycles. The van der Waals surface area contributed by atoms with Gasteiger partial charge >= 0.3 is 0 Å². The van der Waals surface area contributed by atoms with Crippen molar-refractivity contribution in [3.8, 4) is 0 Å². The average Bonchev–Trinajstić information content (AvgIpc) is 3.32. The lowest BCUT2D eigenvalue weighted by Crippen LogP contribution is -2.43. The summed E-state index contributed by atoms with van der Waals surface area (Å²) < 4.78 is 15.0. The number of hydrogen-bond acceptors (Lipinski definition) is 4. The predicted octanol–water partition coefficient (Wildman–Crippen LogP) is 1.75. The minimum absolute atomic E-state index is 0.0623. The lowest BCUT2D eigenvalue weighted by Gasteiger charge is -2.21. The number of nitrogens with zero attached hydrogens (tertiary/aromatic N) is 4. The number of halogens is 1. The molecule has 1 fully saturated rings. The molecule has 2 unspecified atom stereocenters. The number of fused-ring (bicyclic) bond motifs is 1. The molecule has 26 heavy (non-hydrogen) atoms. The highest BCUT2D eigenvalue weighted by molar-refractivity contribution is 5.82. The van der Waals surface area contributed by atoms with Crippen LogP contribution in [0, 0.1) is 5.82 Å². The third-order valence-corrected chi connectivity index (χ3v) is 4.94. The predicted molar refractivity (Wildman–Crippen MR) is 95.0 cm³/mol. The molecule has 4 rings (SSSR count). The first-order chi connectivity index (χ1) is 12.6. The summed E-state index contributed by atoms with van der Waals surface area (Å²) in [4.78, 5) is 23.0. The molecule has 1 amide bonds. The number of rotatable bonds is 4. The largest absolute Gasteiger partial charge is 0.341 e. The highest BCUT2D eigenvalue weighted by Gasteiger charge is 2.31. The van der Waals surface area contributed by atoms with Crippen LogP contribution in [0.15, 0.2) is 48.9 Å². The summed E-state index contributed by atoms with van der Waals surface area (Å²) in [7, 11) is 0. The molecule has 2 aromatic heterocycles. The van der Waals surface area contributed by atoms with E-state index in [0.29, 0.717) is 25.3 Å². The van der Waals surface area contributed by atoms with E-state index in [9.17, 15) is 9.18 Å². The zero-order chi connectivity index (χ0) is 18.1. The van der Waals surface area contributed by atoms with E-state index in [2.05, 4.69) is 9.97 Å². The Balaban J connectivity index is 1.43. The molecule has 1 saturated heterocycles. The lowest BCUT2D eigenvalue weighted by molar-refractivity contribution is -0.131. The average molecular weight is 353 g/mol. The van der Waals surface area contributed by atoms with Gasteiger partial charge in [0.05, 0.1) is 6.04 Å². The number of carbonyl (C=O) groups excluding carboxylic acids is 1. The van der Waals surface area contributed by atoms with Gasteiger partial charge in [-0.2, -0.15) is 0 Å². The third kappa shape index (κ3) is 3.17. The highest BCUT2D eigenvalue weighted by Crippen LogP contribution is 2.27. The fourth-order valence-corrected chi connectivity index (χ4v) is 3.58. The fourth-order valence-electron chi connectivity index (χ4n) is 3.58. The van der Waals surface area contributed by atoms with Crippen molar-refractivity contribution in [2.24, 2.45) is 5.73 Å². The van der Waals surface area contributed by atoms with Gasteiger partial charge in [0.25, 0.3) is 0 Å². The quantitative estimate of drug-likeness (QED) is 0.775. The van der Waals surface area contributed by atoms with Crippen molar-refractivity contribution in [3.63, 3.8) is 0 Å². The molecule has 0 spiro atoms. The van der Waals surface area contributed by atoms with Gasteiger partial charge in [-0.25, -0.2) is 14.4 Å². The van der Waals surface area contributed by atoms with E-state index in [1.54, 1.807) is 24.5 Å². The Bertz CT molecular complexity index is 923. The van der Waals surface area contributed by atoms with Gasteiger partial charge in [-0.05, 0) is 36.6 Å². The van der Waals surface area contributed by atoms with Gasteiger partial charge in [0.15, 0.2) is 0 Å². The number of aromatic nitrogens is 3. The van der Waals surface area contributed by atoms with E-state index >= 15 is 0 Å². The van der Waals surface area contributed by atoms with Gasteiger partial charge in [-0.15, -0.1) is 0 Å². The topological polar surface area (TPSA) is 76.5 Å². The summed E-state index contributed by atoms with van der Waals surface area (Å²) in [5.74, 6) is 0.545. The molecule has 1 aliphatic heterocycles. The van der Waals surface area contributed by atoms with E-state index in [1.165, 1.54) is 12.1 Å². The van der Waals surface area contributed by atoms with Crippen LogP contribution in [0.1, 0.15) is 23.6 Å². The molecule has 0 saturated carbocycles. The van der Waals surface area contributed by atoms with Crippen molar-refractivity contribution in [1.29, 1.82) is 0 Å². The van der Waals surface area contributed by atoms with Gasteiger partial charge in [0.1, 0.15) is 5.82 Å². The first kappa shape index (κ1) is 16.7. The van der Waals surface area contributed by atoms with Crippen LogP contribution in [0.3, 0.4) is 0 Å². The van der Waals surface area contributed by atoms with Crippen LogP contribution >= 0.6 is 0 Å². The van der Waals surface area contributed by atoms with Gasteiger partial charge in [0, 0.05) is 43.3 Å². The van der Waals surface area contributed by atoms with E-state index in [0.717, 1.165) is 17.7 Å². The van der Waals surface area contributed by atoms with Crippen LogP contribution in [0.4, 0.5) is 4.39 Å². The van der Waals surface area contributed by atoms with Crippen molar-refractivity contribution < 1.29 is 9.18 Å². The summed E-state index contributed by atoms with van der Waals surface area (Å²) in [6, 6.07) is 7.47. The van der Waals surface area contributed by atoms with Crippen molar-refractivity contribution in [2.75, 3.05) is 13.1 Å². The number of carbonyl (C=O) groups is 1. The highest BCUT2D eigenvalue weighted by atomic mass is 19.1. The normalized spacial score (nSPS) is 18.4. The van der Waals surface area contributed by atoms with E-state index in [1.807, 2.05) is 21.6 Å². The van der Waals surface area contributed by atoms with Crippen molar-refractivity contribution in [3.05, 3.63) is 66.0 Å². The second-order valence-electron chi connectivity index (χ2n) is 6.67. The Morgan fingerprint density at radius 1 is 1.23 bits per heavy atom. The molecule has 2 N–H and O–H groups in total. The van der Waals surface area contributed by atoms with Crippen molar-refractivity contribution in [1.82, 2.24) is 19.3 Å². The zero-order valence-corrected chi connectivity index (χ0v) is 14.3. The van der Waals surface area contributed by atoms with Crippen molar-refractivity contribution >= 4 is 11.7 Å². The van der Waals surface area contributed by atoms with Gasteiger partial charge in [-0.1, -0.05) is 12.1 Å². The Kier molecular flexibility index (Phi) is 4.38. The Hall–Kier alpha value is -2.80. The van der Waals surface area contributed by atoms with Crippen LogP contribution < -0.4 is 5.73 Å². The minimum Gasteiger partial charge on any atom is -0.341 e. The summed E-state index contributed by atoms with van der Waals surface area (Å²) in [5, 5.41) is 0. The number of hydrogen-bond donors (Lipinski definition) is 1. The maximum atomic E-state index is 13.0. The fraction of sp³-hybridized carbons (Fsp3) is 0.316.